The van der Waals surface area contributed by atoms with Gasteiger partial charge >= 0.3 is 0 Å². The summed E-state index contributed by atoms with van der Waals surface area (Å²) < 4.78 is 13.5. The maximum atomic E-state index is 13.5. The van der Waals surface area contributed by atoms with Gasteiger partial charge in [0.05, 0.1) is 0 Å². The molecule has 0 aromatic heterocycles. The lowest BCUT2D eigenvalue weighted by atomic mass is 9.86. The molecule has 1 unspecified atom stereocenters. The molecule has 4 heteroatoms. The van der Waals surface area contributed by atoms with Crippen molar-refractivity contribution >= 4 is 11.6 Å². The number of nitrogens with zero attached hydrogens (tertiary/aromatic N) is 1. The minimum Gasteiger partial charge on any atom is -0.329 e. The second-order valence-corrected chi connectivity index (χ2v) is 6.47. The van der Waals surface area contributed by atoms with Crippen molar-refractivity contribution < 1.29 is 4.39 Å². The van der Waals surface area contributed by atoms with E-state index in [2.05, 4.69) is 18.9 Å². The van der Waals surface area contributed by atoms with E-state index in [-0.39, 0.29) is 11.9 Å². The van der Waals surface area contributed by atoms with Crippen LogP contribution < -0.4 is 5.73 Å². The lowest BCUT2D eigenvalue weighted by Gasteiger charge is -2.38. The Kier molecular flexibility index (Phi) is 5.42. The highest BCUT2D eigenvalue weighted by atomic mass is 35.5. The molecule has 20 heavy (non-hydrogen) atoms. The second kappa shape index (κ2) is 6.88. The number of hydrogen-bond acceptors (Lipinski definition) is 2. The molecule has 0 radical (unpaired) electrons. The molecule has 1 aliphatic carbocycles. The molecule has 1 saturated carbocycles. The first-order chi connectivity index (χ1) is 9.51. The van der Waals surface area contributed by atoms with Crippen molar-refractivity contribution in [1.29, 1.82) is 0 Å². The predicted molar refractivity (Wildman–Crippen MR) is 82.4 cm³/mol. The molecular formula is C16H24ClFN2. The minimum atomic E-state index is -0.295. The number of likely N-dealkylation sites (N-methyl/N-ethyl adjacent to an activating group) is 1. The van der Waals surface area contributed by atoms with Crippen molar-refractivity contribution in [1.82, 2.24) is 4.90 Å². The van der Waals surface area contributed by atoms with E-state index in [0.717, 1.165) is 11.5 Å². The Bertz CT molecular complexity index is 424. The molecule has 2 N–H and O–H groups in total. The van der Waals surface area contributed by atoms with Gasteiger partial charge in [0, 0.05) is 23.7 Å². The quantitative estimate of drug-likeness (QED) is 0.911. The van der Waals surface area contributed by atoms with Gasteiger partial charge in [0.2, 0.25) is 0 Å². The van der Waals surface area contributed by atoms with Crippen LogP contribution in [0.2, 0.25) is 5.02 Å². The molecule has 2 rings (SSSR count). The van der Waals surface area contributed by atoms with E-state index in [0.29, 0.717) is 17.6 Å². The van der Waals surface area contributed by atoms with Crippen LogP contribution in [-0.4, -0.2) is 24.5 Å². The van der Waals surface area contributed by atoms with Gasteiger partial charge in [-0.2, -0.15) is 0 Å². The summed E-state index contributed by atoms with van der Waals surface area (Å²) in [5.41, 5.74) is 6.81. The molecule has 0 amide bonds. The molecule has 112 valence electrons. The summed E-state index contributed by atoms with van der Waals surface area (Å²) in [6.07, 6.45) is 4.90. The van der Waals surface area contributed by atoms with E-state index in [4.69, 9.17) is 17.3 Å². The smallest absolute Gasteiger partial charge is 0.125 e. The van der Waals surface area contributed by atoms with Crippen LogP contribution in [0.4, 0.5) is 4.39 Å². The Morgan fingerprint density at radius 1 is 1.30 bits per heavy atom. The molecule has 1 aliphatic rings. The monoisotopic (exact) mass is 298 g/mol. The molecule has 1 aromatic carbocycles. The molecular weight excluding hydrogens is 275 g/mol. The highest BCUT2D eigenvalue weighted by Crippen LogP contribution is 2.32. The lowest BCUT2D eigenvalue weighted by Crippen LogP contribution is -2.40. The molecule has 1 atom stereocenters. The SMILES string of the molecule is CC1CCC(N(C)C(CN)c2cc(F)cc(Cl)c2)CC1. The summed E-state index contributed by atoms with van der Waals surface area (Å²) in [4.78, 5) is 2.30. The zero-order valence-corrected chi connectivity index (χ0v) is 13.0. The number of hydrogen-bond donors (Lipinski definition) is 1. The standard InChI is InChI=1S/C16H24ClFN2/c1-11-3-5-15(6-4-11)20(2)16(10-19)12-7-13(17)9-14(18)8-12/h7-9,11,15-16H,3-6,10,19H2,1-2H3. The Balaban J connectivity index is 2.14. The summed E-state index contributed by atoms with van der Waals surface area (Å²) in [6.45, 7) is 2.78. The summed E-state index contributed by atoms with van der Waals surface area (Å²) in [5, 5.41) is 0.434. The van der Waals surface area contributed by atoms with E-state index in [1.54, 1.807) is 6.07 Å². The Morgan fingerprint density at radius 2 is 1.95 bits per heavy atom. The maximum Gasteiger partial charge on any atom is 0.125 e. The van der Waals surface area contributed by atoms with Gasteiger partial charge in [-0.1, -0.05) is 18.5 Å². The molecule has 1 fully saturated rings. The maximum absolute atomic E-state index is 13.5. The van der Waals surface area contributed by atoms with E-state index in [1.807, 2.05) is 6.07 Å². The Labute approximate surface area is 126 Å². The third-order valence-electron chi connectivity index (χ3n) is 4.55. The normalized spacial score (nSPS) is 24.9. The molecule has 0 spiro atoms. The summed E-state index contributed by atoms with van der Waals surface area (Å²) in [5.74, 6) is 0.524. The van der Waals surface area contributed by atoms with E-state index >= 15 is 0 Å². The van der Waals surface area contributed by atoms with Gasteiger partial charge in [-0.15, -0.1) is 0 Å². The van der Waals surface area contributed by atoms with Crippen molar-refractivity contribution in [2.75, 3.05) is 13.6 Å². The van der Waals surface area contributed by atoms with Crippen LogP contribution in [0.1, 0.15) is 44.2 Å². The van der Waals surface area contributed by atoms with Crippen molar-refractivity contribution in [2.45, 2.75) is 44.7 Å². The van der Waals surface area contributed by atoms with Crippen molar-refractivity contribution in [2.24, 2.45) is 11.7 Å². The van der Waals surface area contributed by atoms with Gasteiger partial charge in [-0.3, -0.25) is 4.90 Å². The van der Waals surface area contributed by atoms with Gasteiger partial charge in [0.15, 0.2) is 0 Å². The van der Waals surface area contributed by atoms with Gasteiger partial charge in [0.25, 0.3) is 0 Å². The van der Waals surface area contributed by atoms with Crippen LogP contribution in [0, 0.1) is 11.7 Å². The van der Waals surface area contributed by atoms with E-state index < -0.39 is 0 Å². The summed E-state index contributed by atoms with van der Waals surface area (Å²) in [6, 6.07) is 5.26. The third kappa shape index (κ3) is 3.72. The highest BCUT2D eigenvalue weighted by molar-refractivity contribution is 6.30. The topological polar surface area (TPSA) is 29.3 Å². The fourth-order valence-electron chi connectivity index (χ4n) is 3.21. The van der Waals surface area contributed by atoms with Crippen LogP contribution in [-0.2, 0) is 0 Å². The fourth-order valence-corrected chi connectivity index (χ4v) is 3.44. The van der Waals surface area contributed by atoms with Crippen LogP contribution in [0.5, 0.6) is 0 Å². The number of halogens is 2. The van der Waals surface area contributed by atoms with Gasteiger partial charge in [0.1, 0.15) is 5.82 Å². The van der Waals surface area contributed by atoms with Crippen LogP contribution in [0.3, 0.4) is 0 Å². The van der Waals surface area contributed by atoms with Crippen LogP contribution in [0.15, 0.2) is 18.2 Å². The second-order valence-electron chi connectivity index (χ2n) is 6.03. The van der Waals surface area contributed by atoms with Crippen molar-refractivity contribution in [3.63, 3.8) is 0 Å². The largest absolute Gasteiger partial charge is 0.329 e. The van der Waals surface area contributed by atoms with Gasteiger partial charge in [-0.25, -0.2) is 4.39 Å². The van der Waals surface area contributed by atoms with Gasteiger partial charge < -0.3 is 5.73 Å². The number of nitrogens with two attached hydrogens (primary N) is 1. The first kappa shape index (κ1) is 15.7. The highest BCUT2D eigenvalue weighted by Gasteiger charge is 2.27. The molecule has 0 bridgehead atoms. The Morgan fingerprint density at radius 3 is 2.50 bits per heavy atom. The van der Waals surface area contributed by atoms with Crippen LogP contribution >= 0.6 is 11.6 Å². The molecule has 0 saturated heterocycles. The van der Waals surface area contributed by atoms with Crippen molar-refractivity contribution in [3.05, 3.63) is 34.6 Å². The van der Waals surface area contributed by atoms with Crippen LogP contribution in [0.25, 0.3) is 0 Å². The molecule has 0 aliphatic heterocycles. The zero-order chi connectivity index (χ0) is 14.7. The summed E-state index contributed by atoms with van der Waals surface area (Å²) >= 11 is 5.96. The first-order valence-electron chi connectivity index (χ1n) is 7.39. The fraction of sp³-hybridized carbons (Fsp3) is 0.625. The average Bonchev–Trinajstić information content (AvgIpc) is 2.39. The molecule has 2 nitrogen and oxygen atoms in total. The number of rotatable bonds is 4. The predicted octanol–water partition coefficient (Wildman–Crippen LogP) is 3.99. The third-order valence-corrected chi connectivity index (χ3v) is 4.76. The lowest BCUT2D eigenvalue weighted by molar-refractivity contribution is 0.126. The van der Waals surface area contributed by atoms with Crippen molar-refractivity contribution in [3.8, 4) is 0 Å². The molecule has 0 heterocycles. The van der Waals surface area contributed by atoms with E-state index in [9.17, 15) is 4.39 Å². The summed E-state index contributed by atoms with van der Waals surface area (Å²) in [7, 11) is 2.09. The van der Waals surface area contributed by atoms with Gasteiger partial charge in [-0.05, 0) is 62.4 Å². The number of benzene rings is 1. The average molecular weight is 299 g/mol. The first-order valence-corrected chi connectivity index (χ1v) is 7.77. The minimum absolute atomic E-state index is 0.0293. The Hall–Kier alpha value is -0.640. The van der Waals surface area contributed by atoms with E-state index in [1.165, 1.54) is 31.7 Å². The molecule has 1 aromatic rings. The zero-order valence-electron chi connectivity index (χ0n) is 12.3.